The van der Waals surface area contributed by atoms with Gasteiger partial charge in [0.2, 0.25) is 0 Å². The van der Waals surface area contributed by atoms with Crippen LogP contribution in [0, 0.1) is 5.92 Å². The molecule has 2 nitrogen and oxygen atoms in total. The molecule has 0 aromatic rings. The minimum absolute atomic E-state index is 0.0477. The van der Waals surface area contributed by atoms with Crippen LogP contribution in [0.1, 0.15) is 59.3 Å². The summed E-state index contributed by atoms with van der Waals surface area (Å²) in [6.45, 7) is 5.75. The van der Waals surface area contributed by atoms with E-state index in [1.54, 1.807) is 0 Å². The van der Waals surface area contributed by atoms with Crippen molar-refractivity contribution < 1.29 is 9.53 Å². The second-order valence-electron chi connectivity index (χ2n) is 5.74. The second kappa shape index (κ2) is 6.04. The van der Waals surface area contributed by atoms with Crippen molar-refractivity contribution in [3.8, 4) is 0 Å². The summed E-state index contributed by atoms with van der Waals surface area (Å²) in [5.74, 6) is 0.676. The van der Waals surface area contributed by atoms with Crippen LogP contribution >= 0.6 is 15.9 Å². The van der Waals surface area contributed by atoms with Gasteiger partial charge in [-0.2, -0.15) is 0 Å². The van der Waals surface area contributed by atoms with Gasteiger partial charge in [-0.3, -0.25) is 4.79 Å². The van der Waals surface area contributed by atoms with E-state index in [2.05, 4.69) is 15.9 Å². The highest BCUT2D eigenvalue weighted by molar-refractivity contribution is 9.09. The Morgan fingerprint density at radius 1 is 1.25 bits per heavy atom. The Kier molecular flexibility index (Phi) is 5.29. The standard InChI is InChI=1S/C13H23BrO2/c1-13(2,3)16-12(15)9-6-10-4-7-11(14)8-5-10/h10-11H,4-9H2,1-3H3. The monoisotopic (exact) mass is 290 g/mol. The average molecular weight is 291 g/mol. The van der Waals surface area contributed by atoms with E-state index in [1.807, 2.05) is 20.8 Å². The lowest BCUT2D eigenvalue weighted by atomic mass is 9.86. The molecule has 0 atom stereocenters. The van der Waals surface area contributed by atoms with Crippen molar-refractivity contribution >= 4 is 21.9 Å². The summed E-state index contributed by atoms with van der Waals surface area (Å²) in [6.07, 6.45) is 6.57. The lowest BCUT2D eigenvalue weighted by Gasteiger charge is -2.25. The minimum Gasteiger partial charge on any atom is -0.460 e. The van der Waals surface area contributed by atoms with E-state index in [0.717, 1.165) is 12.3 Å². The number of alkyl halides is 1. The summed E-state index contributed by atoms with van der Waals surface area (Å²) in [4.78, 5) is 12.2. The Balaban J connectivity index is 2.17. The normalized spacial score (nSPS) is 26.5. The van der Waals surface area contributed by atoms with Crippen molar-refractivity contribution in [1.82, 2.24) is 0 Å². The highest BCUT2D eigenvalue weighted by Crippen LogP contribution is 2.31. The van der Waals surface area contributed by atoms with Crippen LogP contribution in [0.5, 0.6) is 0 Å². The Hall–Kier alpha value is -0.0500. The molecule has 1 aliphatic carbocycles. The SMILES string of the molecule is CC(C)(C)OC(=O)CCC1CCC(Br)CC1. The van der Waals surface area contributed by atoms with Crippen molar-refractivity contribution in [1.29, 1.82) is 0 Å². The fraction of sp³-hybridized carbons (Fsp3) is 0.923. The molecule has 0 saturated heterocycles. The van der Waals surface area contributed by atoms with Crippen molar-refractivity contribution in [3.63, 3.8) is 0 Å². The zero-order chi connectivity index (χ0) is 12.2. The smallest absolute Gasteiger partial charge is 0.306 e. The van der Waals surface area contributed by atoms with Gasteiger partial charge in [-0.05, 0) is 58.8 Å². The van der Waals surface area contributed by atoms with Crippen LogP contribution in [0.4, 0.5) is 0 Å². The van der Waals surface area contributed by atoms with Crippen molar-refractivity contribution in [3.05, 3.63) is 0 Å². The lowest BCUT2D eigenvalue weighted by molar-refractivity contribution is -0.155. The number of hydrogen-bond acceptors (Lipinski definition) is 2. The van der Waals surface area contributed by atoms with Gasteiger partial charge < -0.3 is 4.74 Å². The number of esters is 1. The molecule has 1 rings (SSSR count). The zero-order valence-corrected chi connectivity index (χ0v) is 12.2. The van der Waals surface area contributed by atoms with E-state index in [9.17, 15) is 4.79 Å². The summed E-state index contributed by atoms with van der Waals surface area (Å²) in [5.41, 5.74) is -0.343. The van der Waals surface area contributed by atoms with Crippen LogP contribution in [0.25, 0.3) is 0 Å². The van der Waals surface area contributed by atoms with Gasteiger partial charge in [-0.15, -0.1) is 0 Å². The van der Waals surface area contributed by atoms with E-state index in [0.29, 0.717) is 11.2 Å². The first-order valence-corrected chi connectivity index (χ1v) is 7.14. The second-order valence-corrected chi connectivity index (χ2v) is 7.04. The minimum atomic E-state index is -0.343. The third kappa shape index (κ3) is 5.88. The predicted molar refractivity (Wildman–Crippen MR) is 69.8 cm³/mol. The van der Waals surface area contributed by atoms with Crippen molar-refractivity contribution in [2.75, 3.05) is 0 Å². The summed E-state index contributed by atoms with van der Waals surface area (Å²) >= 11 is 3.64. The van der Waals surface area contributed by atoms with Gasteiger partial charge in [-0.25, -0.2) is 0 Å². The fourth-order valence-electron chi connectivity index (χ4n) is 2.12. The molecular weight excluding hydrogens is 268 g/mol. The third-order valence-corrected chi connectivity index (χ3v) is 3.87. The predicted octanol–water partition coefficient (Wildman–Crippen LogP) is 4.06. The number of carbonyl (C=O) groups excluding carboxylic acids is 1. The number of carbonyl (C=O) groups is 1. The van der Waals surface area contributed by atoms with E-state index in [1.165, 1.54) is 25.7 Å². The van der Waals surface area contributed by atoms with Crippen LogP contribution in [0.3, 0.4) is 0 Å². The summed E-state index contributed by atoms with van der Waals surface area (Å²) in [6, 6.07) is 0. The molecule has 1 saturated carbocycles. The first kappa shape index (κ1) is 14.0. The van der Waals surface area contributed by atoms with Crippen LogP contribution in [-0.2, 0) is 9.53 Å². The molecule has 0 aromatic carbocycles. The Morgan fingerprint density at radius 2 is 1.81 bits per heavy atom. The molecule has 0 heterocycles. The average Bonchev–Trinajstić information content (AvgIpc) is 2.14. The summed E-state index contributed by atoms with van der Waals surface area (Å²) in [7, 11) is 0. The maximum absolute atomic E-state index is 11.5. The van der Waals surface area contributed by atoms with Gasteiger partial charge in [0, 0.05) is 11.2 Å². The maximum Gasteiger partial charge on any atom is 0.306 e. The molecular formula is C13H23BrO2. The molecule has 0 bridgehead atoms. The molecule has 0 radical (unpaired) electrons. The first-order chi connectivity index (χ1) is 7.37. The summed E-state index contributed by atoms with van der Waals surface area (Å²) < 4.78 is 5.30. The first-order valence-electron chi connectivity index (χ1n) is 6.23. The van der Waals surface area contributed by atoms with Crippen LogP contribution in [0.15, 0.2) is 0 Å². The van der Waals surface area contributed by atoms with Gasteiger partial charge >= 0.3 is 5.97 Å². The van der Waals surface area contributed by atoms with Gasteiger partial charge in [0.15, 0.2) is 0 Å². The molecule has 0 amide bonds. The number of halogens is 1. The molecule has 0 aromatic heterocycles. The van der Waals surface area contributed by atoms with Crippen LogP contribution in [-0.4, -0.2) is 16.4 Å². The highest BCUT2D eigenvalue weighted by atomic mass is 79.9. The van der Waals surface area contributed by atoms with Crippen LogP contribution in [0.2, 0.25) is 0 Å². The Labute approximate surface area is 107 Å². The van der Waals surface area contributed by atoms with Crippen molar-refractivity contribution in [2.24, 2.45) is 5.92 Å². The molecule has 0 aliphatic heterocycles. The van der Waals surface area contributed by atoms with Crippen LogP contribution < -0.4 is 0 Å². The van der Waals surface area contributed by atoms with Gasteiger partial charge in [0.05, 0.1) is 0 Å². The largest absolute Gasteiger partial charge is 0.460 e. The molecule has 0 N–H and O–H groups in total. The third-order valence-electron chi connectivity index (χ3n) is 2.95. The Morgan fingerprint density at radius 3 is 2.31 bits per heavy atom. The number of hydrogen-bond donors (Lipinski definition) is 0. The molecule has 1 fully saturated rings. The topological polar surface area (TPSA) is 26.3 Å². The molecule has 0 unspecified atom stereocenters. The van der Waals surface area contributed by atoms with Gasteiger partial charge in [-0.1, -0.05) is 15.9 Å². The lowest BCUT2D eigenvalue weighted by Crippen LogP contribution is -2.24. The van der Waals surface area contributed by atoms with E-state index in [4.69, 9.17) is 4.74 Å². The molecule has 16 heavy (non-hydrogen) atoms. The van der Waals surface area contributed by atoms with Gasteiger partial charge in [0.1, 0.15) is 5.60 Å². The maximum atomic E-state index is 11.5. The zero-order valence-electron chi connectivity index (χ0n) is 10.6. The van der Waals surface area contributed by atoms with E-state index >= 15 is 0 Å². The summed E-state index contributed by atoms with van der Waals surface area (Å²) in [5, 5.41) is 0. The van der Waals surface area contributed by atoms with E-state index < -0.39 is 0 Å². The molecule has 3 heteroatoms. The quantitative estimate of drug-likeness (QED) is 0.579. The van der Waals surface area contributed by atoms with E-state index in [-0.39, 0.29) is 11.6 Å². The fourth-order valence-corrected chi connectivity index (χ4v) is 2.65. The number of rotatable bonds is 3. The molecule has 94 valence electrons. The van der Waals surface area contributed by atoms with Gasteiger partial charge in [0.25, 0.3) is 0 Å². The highest BCUT2D eigenvalue weighted by Gasteiger charge is 2.21. The molecule has 0 spiro atoms. The number of ether oxygens (including phenoxy) is 1. The Bertz CT molecular complexity index is 225. The molecule has 1 aliphatic rings. The van der Waals surface area contributed by atoms with Crippen molar-refractivity contribution in [2.45, 2.75) is 69.7 Å².